The summed E-state index contributed by atoms with van der Waals surface area (Å²) in [4.78, 5) is 2.38. The second-order valence-corrected chi connectivity index (χ2v) is 6.20. The van der Waals surface area contributed by atoms with E-state index in [1.54, 1.807) is 0 Å². The number of benzene rings is 1. The van der Waals surface area contributed by atoms with Gasteiger partial charge < -0.3 is 5.73 Å². The van der Waals surface area contributed by atoms with Gasteiger partial charge in [-0.3, -0.25) is 4.90 Å². The molecule has 1 unspecified atom stereocenters. The monoisotopic (exact) mass is 298 g/mol. The van der Waals surface area contributed by atoms with Crippen LogP contribution in [0, 0.1) is 5.92 Å². The van der Waals surface area contributed by atoms with E-state index in [0.29, 0.717) is 6.04 Å². The summed E-state index contributed by atoms with van der Waals surface area (Å²) >= 11 is 3.48. The molecule has 1 rings (SSSR count). The van der Waals surface area contributed by atoms with E-state index < -0.39 is 0 Å². The van der Waals surface area contributed by atoms with Crippen LogP contribution in [0.15, 0.2) is 22.7 Å². The first-order valence-corrected chi connectivity index (χ1v) is 6.93. The highest BCUT2D eigenvalue weighted by Gasteiger charge is 2.11. The van der Waals surface area contributed by atoms with Crippen molar-refractivity contribution in [3.63, 3.8) is 0 Å². The highest BCUT2D eigenvalue weighted by Crippen LogP contribution is 2.19. The van der Waals surface area contributed by atoms with Gasteiger partial charge in [0.25, 0.3) is 0 Å². The van der Waals surface area contributed by atoms with Crippen LogP contribution in [-0.2, 0) is 6.54 Å². The molecule has 0 aliphatic rings. The largest absolute Gasteiger partial charge is 0.399 e. The SMILES string of the molecule is CC(C)CC(C)N(C)Cc1cc(N)cc(Br)c1. The van der Waals surface area contributed by atoms with E-state index in [1.807, 2.05) is 12.1 Å². The molecular formula is C14H23BrN2. The molecule has 0 saturated heterocycles. The zero-order valence-electron chi connectivity index (χ0n) is 11.2. The Balaban J connectivity index is 2.63. The summed E-state index contributed by atoms with van der Waals surface area (Å²) in [5, 5.41) is 0. The van der Waals surface area contributed by atoms with Crippen molar-refractivity contribution < 1.29 is 0 Å². The first-order valence-electron chi connectivity index (χ1n) is 6.13. The molecule has 17 heavy (non-hydrogen) atoms. The predicted octanol–water partition coefficient (Wildman–Crippen LogP) is 3.90. The zero-order valence-corrected chi connectivity index (χ0v) is 12.8. The van der Waals surface area contributed by atoms with Crippen LogP contribution in [0.5, 0.6) is 0 Å². The lowest BCUT2D eigenvalue weighted by molar-refractivity contribution is 0.220. The number of hydrogen-bond donors (Lipinski definition) is 1. The van der Waals surface area contributed by atoms with Gasteiger partial charge in [0.2, 0.25) is 0 Å². The van der Waals surface area contributed by atoms with E-state index >= 15 is 0 Å². The number of halogens is 1. The molecule has 0 aliphatic carbocycles. The van der Waals surface area contributed by atoms with Crippen molar-refractivity contribution >= 4 is 21.6 Å². The molecule has 0 amide bonds. The number of rotatable bonds is 5. The lowest BCUT2D eigenvalue weighted by Gasteiger charge is -2.26. The molecule has 2 N–H and O–H groups in total. The van der Waals surface area contributed by atoms with Crippen LogP contribution >= 0.6 is 15.9 Å². The Kier molecular flexibility index (Phi) is 5.47. The van der Waals surface area contributed by atoms with Gasteiger partial charge in [-0.1, -0.05) is 29.8 Å². The molecule has 0 heterocycles. The van der Waals surface area contributed by atoms with Crippen molar-refractivity contribution in [1.82, 2.24) is 4.90 Å². The van der Waals surface area contributed by atoms with Gasteiger partial charge in [-0.15, -0.1) is 0 Å². The van der Waals surface area contributed by atoms with E-state index in [0.717, 1.165) is 22.6 Å². The molecule has 0 saturated carbocycles. The van der Waals surface area contributed by atoms with Crippen molar-refractivity contribution in [1.29, 1.82) is 0 Å². The maximum Gasteiger partial charge on any atom is 0.0328 e. The van der Waals surface area contributed by atoms with Crippen molar-refractivity contribution in [3.05, 3.63) is 28.2 Å². The highest BCUT2D eigenvalue weighted by molar-refractivity contribution is 9.10. The Morgan fingerprint density at radius 2 is 1.88 bits per heavy atom. The Hall–Kier alpha value is -0.540. The van der Waals surface area contributed by atoms with Crippen molar-refractivity contribution in [2.24, 2.45) is 5.92 Å². The molecule has 0 fully saturated rings. The molecule has 1 atom stereocenters. The van der Waals surface area contributed by atoms with Gasteiger partial charge in [0.15, 0.2) is 0 Å². The Bertz CT molecular complexity index is 343. The Labute approximate surface area is 113 Å². The standard InChI is InChI=1S/C14H23BrN2/c1-10(2)5-11(3)17(4)9-12-6-13(15)8-14(16)7-12/h6-8,10-11H,5,9,16H2,1-4H3. The second-order valence-electron chi connectivity index (χ2n) is 5.29. The lowest BCUT2D eigenvalue weighted by atomic mass is 10.0. The third kappa shape index (κ3) is 5.09. The number of anilines is 1. The second kappa shape index (κ2) is 6.41. The maximum absolute atomic E-state index is 5.84. The van der Waals surface area contributed by atoms with Crippen molar-refractivity contribution in [2.45, 2.75) is 39.8 Å². The quantitative estimate of drug-likeness (QED) is 0.836. The Morgan fingerprint density at radius 3 is 2.41 bits per heavy atom. The van der Waals surface area contributed by atoms with Gasteiger partial charge in [-0.25, -0.2) is 0 Å². The summed E-state index contributed by atoms with van der Waals surface area (Å²) in [5.41, 5.74) is 7.92. The molecule has 1 aromatic rings. The van der Waals surface area contributed by atoms with Crippen LogP contribution in [0.2, 0.25) is 0 Å². The van der Waals surface area contributed by atoms with E-state index in [2.05, 4.69) is 54.7 Å². The first kappa shape index (κ1) is 14.5. The molecule has 3 heteroatoms. The fraction of sp³-hybridized carbons (Fsp3) is 0.571. The maximum atomic E-state index is 5.84. The summed E-state index contributed by atoms with van der Waals surface area (Å²) in [6.07, 6.45) is 1.22. The summed E-state index contributed by atoms with van der Waals surface area (Å²) in [7, 11) is 2.17. The molecule has 1 aromatic carbocycles. The third-order valence-corrected chi connectivity index (χ3v) is 3.43. The molecule has 0 bridgehead atoms. The average molecular weight is 299 g/mol. The van der Waals surface area contributed by atoms with Crippen LogP contribution < -0.4 is 5.73 Å². The van der Waals surface area contributed by atoms with Gasteiger partial charge in [-0.2, -0.15) is 0 Å². The van der Waals surface area contributed by atoms with E-state index in [-0.39, 0.29) is 0 Å². The van der Waals surface area contributed by atoms with Crippen molar-refractivity contribution in [2.75, 3.05) is 12.8 Å². The number of hydrogen-bond acceptors (Lipinski definition) is 2. The highest BCUT2D eigenvalue weighted by atomic mass is 79.9. The van der Waals surface area contributed by atoms with Gasteiger partial charge >= 0.3 is 0 Å². The molecule has 0 aromatic heterocycles. The van der Waals surface area contributed by atoms with Crippen LogP contribution in [0.3, 0.4) is 0 Å². The molecule has 0 radical (unpaired) electrons. The van der Waals surface area contributed by atoms with Crippen LogP contribution in [0.4, 0.5) is 5.69 Å². The lowest BCUT2D eigenvalue weighted by Crippen LogP contribution is -2.29. The first-order chi connectivity index (χ1) is 7.88. The minimum absolute atomic E-state index is 0.593. The van der Waals surface area contributed by atoms with Gasteiger partial charge in [0, 0.05) is 22.7 Å². The predicted molar refractivity (Wildman–Crippen MR) is 78.9 cm³/mol. The minimum Gasteiger partial charge on any atom is -0.399 e. The molecule has 0 aliphatic heterocycles. The van der Waals surface area contributed by atoms with Crippen LogP contribution in [0.25, 0.3) is 0 Å². The molecular weight excluding hydrogens is 276 g/mol. The number of nitrogens with zero attached hydrogens (tertiary/aromatic N) is 1. The topological polar surface area (TPSA) is 29.3 Å². The average Bonchev–Trinajstić information content (AvgIpc) is 2.14. The van der Waals surface area contributed by atoms with E-state index in [9.17, 15) is 0 Å². The molecule has 2 nitrogen and oxygen atoms in total. The third-order valence-electron chi connectivity index (χ3n) is 2.98. The summed E-state index contributed by atoms with van der Waals surface area (Å²) < 4.78 is 1.05. The van der Waals surface area contributed by atoms with Gasteiger partial charge in [0.05, 0.1) is 0 Å². The normalized spacial score (nSPS) is 13.4. The molecule has 0 spiro atoms. The minimum atomic E-state index is 0.593. The number of nitrogen functional groups attached to an aromatic ring is 1. The summed E-state index contributed by atoms with van der Waals surface area (Å²) in [6, 6.07) is 6.70. The summed E-state index contributed by atoms with van der Waals surface area (Å²) in [6.45, 7) is 7.75. The van der Waals surface area contributed by atoms with Crippen LogP contribution in [0.1, 0.15) is 32.8 Å². The zero-order chi connectivity index (χ0) is 13.0. The smallest absolute Gasteiger partial charge is 0.0328 e. The fourth-order valence-corrected chi connectivity index (χ4v) is 2.63. The Morgan fingerprint density at radius 1 is 1.24 bits per heavy atom. The van der Waals surface area contributed by atoms with E-state index in [1.165, 1.54) is 12.0 Å². The molecule has 96 valence electrons. The van der Waals surface area contributed by atoms with Crippen LogP contribution in [-0.4, -0.2) is 18.0 Å². The van der Waals surface area contributed by atoms with E-state index in [4.69, 9.17) is 5.73 Å². The van der Waals surface area contributed by atoms with Gasteiger partial charge in [-0.05, 0) is 50.1 Å². The number of nitrogens with two attached hydrogens (primary N) is 1. The fourth-order valence-electron chi connectivity index (χ4n) is 2.07. The van der Waals surface area contributed by atoms with Crippen molar-refractivity contribution in [3.8, 4) is 0 Å². The summed E-state index contributed by atoms with van der Waals surface area (Å²) in [5.74, 6) is 0.736. The van der Waals surface area contributed by atoms with Gasteiger partial charge in [0.1, 0.15) is 0 Å².